The molecule has 0 N–H and O–H groups in total. The molecule has 0 radical (unpaired) electrons. The standard InChI is InChI=1S/C13H14ClNOS/c1-9-15-8-13(17-9)11(14)7-10-5-3-4-6-12(10)16-2/h3-6,8,11H,7H2,1-2H3. The van der Waals surface area contributed by atoms with E-state index in [1.807, 2.05) is 37.4 Å². The minimum absolute atomic E-state index is 0.0440. The SMILES string of the molecule is COc1ccccc1CC(Cl)c1cnc(C)s1. The molecule has 0 amide bonds. The van der Waals surface area contributed by atoms with Gasteiger partial charge < -0.3 is 4.74 Å². The van der Waals surface area contributed by atoms with Crippen molar-refractivity contribution < 1.29 is 4.74 Å². The van der Waals surface area contributed by atoms with Crippen LogP contribution in [0.4, 0.5) is 0 Å². The first-order valence-corrected chi connectivity index (χ1v) is 6.64. The zero-order valence-corrected chi connectivity index (χ0v) is 11.4. The first-order valence-electron chi connectivity index (χ1n) is 5.39. The molecule has 0 fully saturated rings. The number of halogens is 1. The summed E-state index contributed by atoms with van der Waals surface area (Å²) >= 11 is 8.04. The number of aryl methyl sites for hydroxylation is 1. The molecule has 0 bridgehead atoms. The van der Waals surface area contributed by atoms with Crippen LogP contribution in [0.1, 0.15) is 20.8 Å². The van der Waals surface area contributed by atoms with E-state index in [1.54, 1.807) is 18.4 Å². The Labute approximate surface area is 110 Å². The van der Waals surface area contributed by atoms with Gasteiger partial charge in [0.05, 0.1) is 17.5 Å². The molecule has 1 heterocycles. The van der Waals surface area contributed by atoms with Gasteiger partial charge in [0.15, 0.2) is 0 Å². The summed E-state index contributed by atoms with van der Waals surface area (Å²) in [5.74, 6) is 0.888. The lowest BCUT2D eigenvalue weighted by Gasteiger charge is -2.10. The van der Waals surface area contributed by atoms with Crippen LogP contribution in [0.25, 0.3) is 0 Å². The Morgan fingerprint density at radius 2 is 2.18 bits per heavy atom. The van der Waals surface area contributed by atoms with Crippen LogP contribution in [0.3, 0.4) is 0 Å². The van der Waals surface area contributed by atoms with E-state index in [1.165, 1.54) is 0 Å². The lowest BCUT2D eigenvalue weighted by molar-refractivity contribution is 0.409. The third-order valence-corrected chi connectivity index (χ3v) is 4.08. The van der Waals surface area contributed by atoms with Gasteiger partial charge >= 0.3 is 0 Å². The van der Waals surface area contributed by atoms with Crippen molar-refractivity contribution in [2.45, 2.75) is 18.7 Å². The second-order valence-corrected chi connectivity index (χ2v) is 5.56. The highest BCUT2D eigenvalue weighted by molar-refractivity contribution is 7.11. The Hall–Kier alpha value is -1.06. The molecule has 17 heavy (non-hydrogen) atoms. The molecule has 4 heteroatoms. The summed E-state index contributed by atoms with van der Waals surface area (Å²) in [6, 6.07) is 7.96. The summed E-state index contributed by atoms with van der Waals surface area (Å²) in [4.78, 5) is 5.33. The Balaban J connectivity index is 2.15. The van der Waals surface area contributed by atoms with Gasteiger partial charge in [-0.2, -0.15) is 0 Å². The Morgan fingerprint density at radius 3 is 2.82 bits per heavy atom. The normalized spacial score (nSPS) is 12.4. The smallest absolute Gasteiger partial charge is 0.122 e. The first-order chi connectivity index (χ1) is 8.20. The summed E-state index contributed by atoms with van der Waals surface area (Å²) < 4.78 is 5.32. The van der Waals surface area contributed by atoms with Gasteiger partial charge in [-0.1, -0.05) is 18.2 Å². The summed E-state index contributed by atoms with van der Waals surface area (Å²) in [6.07, 6.45) is 2.61. The number of nitrogens with zero attached hydrogens (tertiary/aromatic N) is 1. The molecule has 0 aliphatic rings. The van der Waals surface area contributed by atoms with Crippen LogP contribution in [-0.4, -0.2) is 12.1 Å². The molecule has 1 aromatic heterocycles. The van der Waals surface area contributed by atoms with Gasteiger partial charge in [-0.15, -0.1) is 22.9 Å². The van der Waals surface area contributed by atoms with Gasteiger partial charge in [0.1, 0.15) is 5.75 Å². The van der Waals surface area contributed by atoms with Crippen LogP contribution in [0, 0.1) is 6.92 Å². The molecule has 0 saturated heterocycles. The summed E-state index contributed by atoms with van der Waals surface area (Å²) in [5, 5.41) is 1.00. The average Bonchev–Trinajstić information content (AvgIpc) is 2.77. The average molecular weight is 268 g/mol. The van der Waals surface area contributed by atoms with Crippen molar-refractivity contribution in [2.24, 2.45) is 0 Å². The van der Waals surface area contributed by atoms with Crippen molar-refractivity contribution in [2.75, 3.05) is 7.11 Å². The van der Waals surface area contributed by atoms with Crippen LogP contribution in [0.2, 0.25) is 0 Å². The molecule has 1 atom stereocenters. The predicted molar refractivity (Wildman–Crippen MR) is 72.1 cm³/mol. The number of hydrogen-bond donors (Lipinski definition) is 0. The number of thiazole rings is 1. The number of methoxy groups -OCH3 is 1. The van der Waals surface area contributed by atoms with Crippen molar-refractivity contribution >= 4 is 22.9 Å². The molecular formula is C13H14ClNOS. The molecule has 2 rings (SSSR count). The summed E-state index contributed by atoms with van der Waals surface area (Å²) in [7, 11) is 1.68. The van der Waals surface area contributed by atoms with Gasteiger partial charge in [-0.05, 0) is 25.0 Å². The van der Waals surface area contributed by atoms with Crippen molar-refractivity contribution in [3.63, 3.8) is 0 Å². The van der Waals surface area contributed by atoms with Crippen molar-refractivity contribution in [1.29, 1.82) is 0 Å². The molecule has 0 aliphatic heterocycles. The predicted octanol–water partition coefficient (Wildman–Crippen LogP) is 3.98. The topological polar surface area (TPSA) is 22.1 Å². The third kappa shape index (κ3) is 2.99. The number of ether oxygens (including phenoxy) is 1. The fraction of sp³-hybridized carbons (Fsp3) is 0.308. The Bertz CT molecular complexity index is 498. The molecule has 0 aliphatic carbocycles. The second kappa shape index (κ2) is 5.52. The van der Waals surface area contributed by atoms with Gasteiger partial charge in [-0.3, -0.25) is 0 Å². The van der Waals surface area contributed by atoms with Crippen LogP contribution in [0.15, 0.2) is 30.5 Å². The number of alkyl halides is 1. The van der Waals surface area contributed by atoms with E-state index in [4.69, 9.17) is 16.3 Å². The Morgan fingerprint density at radius 1 is 1.41 bits per heavy atom. The fourth-order valence-corrected chi connectivity index (χ4v) is 2.81. The minimum Gasteiger partial charge on any atom is -0.496 e. The molecule has 1 aromatic carbocycles. The van der Waals surface area contributed by atoms with E-state index in [9.17, 15) is 0 Å². The molecule has 0 spiro atoms. The van der Waals surface area contributed by atoms with Crippen LogP contribution in [0.5, 0.6) is 5.75 Å². The number of benzene rings is 1. The molecule has 90 valence electrons. The maximum Gasteiger partial charge on any atom is 0.122 e. The van der Waals surface area contributed by atoms with E-state index in [-0.39, 0.29) is 5.38 Å². The van der Waals surface area contributed by atoms with E-state index in [0.29, 0.717) is 0 Å². The van der Waals surface area contributed by atoms with Crippen LogP contribution < -0.4 is 4.74 Å². The quantitative estimate of drug-likeness (QED) is 0.782. The maximum atomic E-state index is 6.40. The van der Waals surface area contributed by atoms with E-state index in [2.05, 4.69) is 4.98 Å². The Kier molecular flexibility index (Phi) is 4.02. The summed E-state index contributed by atoms with van der Waals surface area (Å²) in [6.45, 7) is 1.99. The van der Waals surface area contributed by atoms with Crippen molar-refractivity contribution in [3.05, 3.63) is 45.9 Å². The highest BCUT2D eigenvalue weighted by Crippen LogP contribution is 2.31. The molecular weight excluding hydrogens is 254 g/mol. The van der Waals surface area contributed by atoms with Gasteiger partial charge in [0.2, 0.25) is 0 Å². The molecule has 2 nitrogen and oxygen atoms in total. The van der Waals surface area contributed by atoms with Crippen molar-refractivity contribution in [3.8, 4) is 5.75 Å². The molecule has 2 aromatic rings. The third-order valence-electron chi connectivity index (χ3n) is 2.54. The van der Waals surface area contributed by atoms with Crippen LogP contribution in [-0.2, 0) is 6.42 Å². The molecule has 1 unspecified atom stereocenters. The first kappa shape index (κ1) is 12.4. The molecule has 0 saturated carbocycles. The summed E-state index contributed by atoms with van der Waals surface area (Å²) in [5.41, 5.74) is 1.13. The van der Waals surface area contributed by atoms with Gasteiger partial charge in [-0.25, -0.2) is 4.98 Å². The fourth-order valence-electron chi connectivity index (χ4n) is 1.69. The van der Waals surface area contributed by atoms with Gasteiger partial charge in [0, 0.05) is 11.1 Å². The number of para-hydroxylation sites is 1. The van der Waals surface area contributed by atoms with E-state index < -0.39 is 0 Å². The number of rotatable bonds is 4. The van der Waals surface area contributed by atoms with Crippen molar-refractivity contribution in [1.82, 2.24) is 4.98 Å². The van der Waals surface area contributed by atoms with Crippen LogP contribution >= 0.6 is 22.9 Å². The maximum absolute atomic E-state index is 6.40. The monoisotopic (exact) mass is 267 g/mol. The van der Waals surface area contributed by atoms with E-state index >= 15 is 0 Å². The zero-order chi connectivity index (χ0) is 12.3. The lowest BCUT2D eigenvalue weighted by atomic mass is 10.1. The minimum atomic E-state index is -0.0440. The number of hydrogen-bond acceptors (Lipinski definition) is 3. The van der Waals surface area contributed by atoms with Gasteiger partial charge in [0.25, 0.3) is 0 Å². The highest BCUT2D eigenvalue weighted by Gasteiger charge is 2.14. The highest BCUT2D eigenvalue weighted by atomic mass is 35.5. The second-order valence-electron chi connectivity index (χ2n) is 3.77. The number of aromatic nitrogens is 1. The zero-order valence-electron chi connectivity index (χ0n) is 9.81. The van der Waals surface area contributed by atoms with E-state index in [0.717, 1.165) is 27.6 Å². The lowest BCUT2D eigenvalue weighted by Crippen LogP contribution is -1.96. The largest absolute Gasteiger partial charge is 0.496 e.